The molecule has 0 aromatic heterocycles. The van der Waals surface area contributed by atoms with E-state index in [4.69, 9.17) is 0 Å². The summed E-state index contributed by atoms with van der Waals surface area (Å²) in [4.78, 5) is 79.7. The van der Waals surface area contributed by atoms with Gasteiger partial charge in [-0.1, -0.05) is 44.2 Å². The molecule has 6 amide bonds. The van der Waals surface area contributed by atoms with Gasteiger partial charge in [0.2, 0.25) is 35.4 Å². The van der Waals surface area contributed by atoms with Gasteiger partial charge in [-0.3, -0.25) is 28.8 Å². The minimum absolute atomic E-state index is 0.0478. The minimum atomic E-state index is -1.02. The normalized spacial score (nSPS) is 27.5. The summed E-state index contributed by atoms with van der Waals surface area (Å²) in [5.74, 6) is -3.14. The third-order valence-electron chi connectivity index (χ3n) is 7.02. The van der Waals surface area contributed by atoms with E-state index in [2.05, 4.69) is 26.6 Å². The lowest BCUT2D eigenvalue weighted by atomic mass is 10.0. The van der Waals surface area contributed by atoms with Crippen molar-refractivity contribution >= 4 is 35.4 Å². The third kappa shape index (κ3) is 8.27. The Bertz CT molecular complexity index is 1110. The van der Waals surface area contributed by atoms with Gasteiger partial charge in [-0.25, -0.2) is 0 Å². The van der Waals surface area contributed by atoms with Gasteiger partial charge in [-0.05, 0) is 44.6 Å². The summed E-state index contributed by atoms with van der Waals surface area (Å²) >= 11 is 0. The molecule has 40 heavy (non-hydrogen) atoms. The van der Waals surface area contributed by atoms with Crippen molar-refractivity contribution in [3.8, 4) is 0 Å². The summed E-state index contributed by atoms with van der Waals surface area (Å²) in [6.45, 7) is 6.72. The molecule has 1 aromatic carbocycles. The van der Waals surface area contributed by atoms with E-state index in [-0.39, 0.29) is 12.3 Å². The molecule has 2 heterocycles. The molecule has 0 radical (unpaired) electrons. The molecule has 12 nitrogen and oxygen atoms in total. The van der Waals surface area contributed by atoms with Crippen LogP contribution in [0.4, 0.5) is 0 Å². The molecule has 0 spiro atoms. The second-order valence-corrected chi connectivity index (χ2v) is 10.9. The monoisotopic (exact) mass is 556 g/mol. The van der Waals surface area contributed by atoms with E-state index >= 15 is 0 Å². The van der Waals surface area contributed by atoms with Crippen LogP contribution in [-0.4, -0.2) is 83.6 Å². The quantitative estimate of drug-likeness (QED) is 0.331. The van der Waals surface area contributed by atoms with Crippen molar-refractivity contribution in [1.82, 2.24) is 31.5 Å². The van der Waals surface area contributed by atoms with Crippen molar-refractivity contribution in [2.24, 2.45) is 5.92 Å². The molecule has 12 heteroatoms. The molecule has 0 saturated carbocycles. The molecule has 1 aromatic rings. The molecule has 218 valence electrons. The summed E-state index contributed by atoms with van der Waals surface area (Å²) in [7, 11) is 0. The molecule has 0 bridgehead atoms. The number of nitrogens with zero attached hydrogens (tertiary/aromatic N) is 1. The van der Waals surface area contributed by atoms with Gasteiger partial charge in [-0.2, -0.15) is 0 Å². The van der Waals surface area contributed by atoms with Crippen molar-refractivity contribution < 1.29 is 28.8 Å². The lowest BCUT2D eigenvalue weighted by Crippen LogP contribution is -2.59. The summed E-state index contributed by atoms with van der Waals surface area (Å²) in [6, 6.07) is 4.39. The molecule has 2 aliphatic rings. The first kappa shape index (κ1) is 30.6. The van der Waals surface area contributed by atoms with E-state index in [1.165, 1.54) is 18.7 Å². The summed E-state index contributed by atoms with van der Waals surface area (Å²) in [5.41, 5.74) is 0.790. The number of carbonyl (C=O) groups excluding carboxylic acids is 6. The maximum absolute atomic E-state index is 13.3. The first-order valence-corrected chi connectivity index (χ1v) is 13.8. The van der Waals surface area contributed by atoms with Crippen molar-refractivity contribution in [2.45, 2.75) is 83.6 Å². The van der Waals surface area contributed by atoms with E-state index in [9.17, 15) is 28.8 Å². The maximum Gasteiger partial charge on any atom is 0.245 e. The number of rotatable bonds is 4. The highest BCUT2D eigenvalue weighted by molar-refractivity contribution is 5.97. The largest absolute Gasteiger partial charge is 0.345 e. The van der Waals surface area contributed by atoms with Crippen LogP contribution < -0.4 is 26.6 Å². The first-order chi connectivity index (χ1) is 19.0. The van der Waals surface area contributed by atoms with Gasteiger partial charge >= 0.3 is 0 Å². The number of fused-ring (bicyclic) bond motifs is 1. The fourth-order valence-electron chi connectivity index (χ4n) is 4.90. The van der Waals surface area contributed by atoms with E-state index in [1.807, 2.05) is 44.2 Å². The minimum Gasteiger partial charge on any atom is -0.345 e. The van der Waals surface area contributed by atoms with Gasteiger partial charge in [0.05, 0.1) is 6.54 Å². The lowest BCUT2D eigenvalue weighted by Gasteiger charge is -2.29. The molecule has 2 aliphatic heterocycles. The first-order valence-electron chi connectivity index (χ1n) is 13.8. The van der Waals surface area contributed by atoms with Crippen LogP contribution in [-0.2, 0) is 35.2 Å². The van der Waals surface area contributed by atoms with Gasteiger partial charge in [0, 0.05) is 13.0 Å². The zero-order valence-corrected chi connectivity index (χ0v) is 23.5. The summed E-state index contributed by atoms with van der Waals surface area (Å²) in [6.07, 6.45) is 1.47. The van der Waals surface area contributed by atoms with E-state index in [1.54, 1.807) is 0 Å². The molecule has 0 unspecified atom stereocenters. The Labute approximate surface area is 234 Å². The average molecular weight is 557 g/mol. The van der Waals surface area contributed by atoms with Crippen LogP contribution in [0.25, 0.3) is 0 Å². The smallest absolute Gasteiger partial charge is 0.245 e. The molecular weight excluding hydrogens is 516 g/mol. The highest BCUT2D eigenvalue weighted by Crippen LogP contribution is 2.19. The number of benzene rings is 1. The Balaban J connectivity index is 1.88. The molecule has 5 atom stereocenters. The summed E-state index contributed by atoms with van der Waals surface area (Å²) < 4.78 is 0. The zero-order chi connectivity index (χ0) is 29.4. The van der Waals surface area contributed by atoms with E-state index in [0.29, 0.717) is 25.8 Å². The zero-order valence-electron chi connectivity index (χ0n) is 23.5. The maximum atomic E-state index is 13.3. The SMILES string of the molecule is CC(C)C[C@@H]1NC(=O)[C@H](C)NC(=O)[C@@H]2CCCN2C(=O)[C@H](C)NC(=O)[C@H](Cc2ccccc2)NC(=O)CNC1=O. The van der Waals surface area contributed by atoms with Crippen molar-refractivity contribution in [3.05, 3.63) is 35.9 Å². The van der Waals surface area contributed by atoms with Gasteiger partial charge in [-0.15, -0.1) is 0 Å². The van der Waals surface area contributed by atoms with Crippen molar-refractivity contribution in [2.75, 3.05) is 13.1 Å². The molecule has 2 saturated heterocycles. The van der Waals surface area contributed by atoms with Crippen molar-refractivity contribution in [1.29, 1.82) is 0 Å². The molecule has 0 aliphatic carbocycles. The Hall–Kier alpha value is -3.96. The van der Waals surface area contributed by atoms with Gasteiger partial charge in [0.25, 0.3) is 0 Å². The number of hydrogen-bond donors (Lipinski definition) is 5. The Morgan fingerprint density at radius 2 is 1.48 bits per heavy atom. The second-order valence-electron chi connectivity index (χ2n) is 10.9. The average Bonchev–Trinajstić information content (AvgIpc) is 3.40. The Morgan fingerprint density at radius 1 is 0.800 bits per heavy atom. The van der Waals surface area contributed by atoms with Crippen LogP contribution in [0.2, 0.25) is 0 Å². The Morgan fingerprint density at radius 3 is 2.15 bits per heavy atom. The highest BCUT2D eigenvalue weighted by Gasteiger charge is 2.38. The predicted molar refractivity (Wildman–Crippen MR) is 146 cm³/mol. The molecule has 3 rings (SSSR count). The number of nitrogens with one attached hydrogen (secondary N) is 5. The van der Waals surface area contributed by atoms with Crippen LogP contribution in [0.5, 0.6) is 0 Å². The van der Waals surface area contributed by atoms with Gasteiger partial charge < -0.3 is 31.5 Å². The summed E-state index contributed by atoms with van der Waals surface area (Å²) in [5, 5.41) is 13.2. The lowest BCUT2D eigenvalue weighted by molar-refractivity contribution is -0.142. The fourth-order valence-corrected chi connectivity index (χ4v) is 4.90. The number of amides is 6. The topological polar surface area (TPSA) is 166 Å². The Kier molecular flexibility index (Phi) is 10.6. The molecular formula is C28H40N6O6. The standard InChI is InChI=1S/C28H40N6O6/c1-16(2)13-20-25(37)29-15-23(35)32-21(14-19-9-6-5-7-10-19)26(38)31-18(4)28(40)34-12-8-11-22(34)27(39)30-17(3)24(36)33-20/h5-7,9-10,16-18,20-22H,8,11-15H2,1-4H3,(H,29,37)(H,30,39)(H,31,38)(H,32,35)(H,33,36)/t17-,18-,20-,21-,22-/m0/s1. The van der Waals surface area contributed by atoms with Crippen LogP contribution in [0.1, 0.15) is 52.5 Å². The van der Waals surface area contributed by atoms with Crippen LogP contribution in [0, 0.1) is 5.92 Å². The van der Waals surface area contributed by atoms with Gasteiger partial charge in [0.15, 0.2) is 0 Å². The molecule has 5 N–H and O–H groups in total. The van der Waals surface area contributed by atoms with Crippen molar-refractivity contribution in [3.63, 3.8) is 0 Å². The molecule has 2 fully saturated rings. The van der Waals surface area contributed by atoms with E-state index < -0.39 is 72.2 Å². The van der Waals surface area contributed by atoms with Crippen LogP contribution in [0.15, 0.2) is 30.3 Å². The predicted octanol–water partition coefficient (Wildman–Crippen LogP) is -0.625. The van der Waals surface area contributed by atoms with Crippen LogP contribution >= 0.6 is 0 Å². The second kappa shape index (κ2) is 13.9. The third-order valence-corrected chi connectivity index (χ3v) is 7.02. The fraction of sp³-hybridized carbons (Fsp3) is 0.571. The number of hydrogen-bond acceptors (Lipinski definition) is 6. The number of carbonyl (C=O) groups is 6. The highest BCUT2D eigenvalue weighted by atomic mass is 16.2. The van der Waals surface area contributed by atoms with Crippen LogP contribution in [0.3, 0.4) is 0 Å². The van der Waals surface area contributed by atoms with Gasteiger partial charge in [0.1, 0.15) is 30.2 Å². The van der Waals surface area contributed by atoms with E-state index in [0.717, 1.165) is 5.56 Å².